The van der Waals surface area contributed by atoms with Gasteiger partial charge in [0.1, 0.15) is 0 Å². The lowest BCUT2D eigenvalue weighted by atomic mass is 10.2. The molecule has 0 aliphatic carbocycles. The third-order valence-corrected chi connectivity index (χ3v) is 3.62. The second-order valence-corrected chi connectivity index (χ2v) is 5.12. The van der Waals surface area contributed by atoms with Gasteiger partial charge in [0.15, 0.2) is 0 Å². The highest BCUT2D eigenvalue weighted by Crippen LogP contribution is 1.97. The topological polar surface area (TPSA) is 48.0 Å². The molecule has 0 aliphatic heterocycles. The first-order valence-electron chi connectivity index (χ1n) is 8.00. The molecular weight excluding hydrogens is 254 g/mol. The molecule has 122 valence electrons. The third-order valence-electron chi connectivity index (χ3n) is 3.62. The van der Waals surface area contributed by atoms with E-state index in [0.717, 1.165) is 45.8 Å². The van der Waals surface area contributed by atoms with Crippen molar-refractivity contribution in [2.24, 2.45) is 0 Å². The van der Waals surface area contributed by atoms with Gasteiger partial charge in [-0.2, -0.15) is 0 Å². The SMILES string of the molecule is CCN(CC)CCCN(CC)CC(O)CNCCOC. The first-order valence-corrected chi connectivity index (χ1v) is 8.00. The summed E-state index contributed by atoms with van der Waals surface area (Å²) >= 11 is 0. The van der Waals surface area contributed by atoms with E-state index in [1.54, 1.807) is 7.11 Å². The molecule has 0 fully saturated rings. The zero-order chi connectivity index (χ0) is 15.2. The Balaban J connectivity index is 3.73. The predicted octanol–water partition coefficient (Wildman–Crippen LogP) is 0.637. The summed E-state index contributed by atoms with van der Waals surface area (Å²) in [4.78, 5) is 4.77. The molecule has 0 bridgehead atoms. The Morgan fingerprint density at radius 1 is 1.05 bits per heavy atom. The minimum Gasteiger partial charge on any atom is -0.390 e. The van der Waals surface area contributed by atoms with Gasteiger partial charge in [0.2, 0.25) is 0 Å². The predicted molar refractivity (Wildman–Crippen MR) is 85.3 cm³/mol. The number of nitrogens with one attached hydrogen (secondary N) is 1. The highest BCUT2D eigenvalue weighted by molar-refractivity contribution is 4.67. The summed E-state index contributed by atoms with van der Waals surface area (Å²) in [6, 6.07) is 0. The molecule has 2 N–H and O–H groups in total. The second kappa shape index (κ2) is 13.8. The van der Waals surface area contributed by atoms with Gasteiger partial charge in [-0.3, -0.25) is 0 Å². The van der Waals surface area contributed by atoms with Crippen molar-refractivity contribution in [3.05, 3.63) is 0 Å². The van der Waals surface area contributed by atoms with E-state index in [2.05, 4.69) is 35.9 Å². The normalized spacial score (nSPS) is 13.3. The summed E-state index contributed by atoms with van der Waals surface area (Å²) < 4.78 is 4.96. The van der Waals surface area contributed by atoms with Crippen LogP contribution < -0.4 is 5.32 Å². The molecule has 0 rings (SSSR count). The van der Waals surface area contributed by atoms with E-state index in [1.807, 2.05) is 0 Å². The lowest BCUT2D eigenvalue weighted by Crippen LogP contribution is -2.40. The fourth-order valence-electron chi connectivity index (χ4n) is 2.24. The Bertz CT molecular complexity index is 202. The van der Waals surface area contributed by atoms with Crippen LogP contribution in [0.5, 0.6) is 0 Å². The molecule has 0 spiro atoms. The molecule has 5 nitrogen and oxygen atoms in total. The molecular formula is C15H35N3O2. The zero-order valence-electron chi connectivity index (χ0n) is 13.9. The van der Waals surface area contributed by atoms with Crippen LogP contribution in [-0.2, 0) is 4.74 Å². The summed E-state index contributed by atoms with van der Waals surface area (Å²) in [7, 11) is 1.69. The van der Waals surface area contributed by atoms with Gasteiger partial charge in [-0.05, 0) is 39.1 Å². The minimum atomic E-state index is -0.305. The number of aliphatic hydroxyl groups excluding tert-OH is 1. The van der Waals surface area contributed by atoms with Gasteiger partial charge < -0.3 is 25.0 Å². The Kier molecular flexibility index (Phi) is 13.6. The van der Waals surface area contributed by atoms with Crippen molar-refractivity contribution in [1.82, 2.24) is 15.1 Å². The van der Waals surface area contributed by atoms with Crippen LogP contribution in [0.15, 0.2) is 0 Å². The highest BCUT2D eigenvalue weighted by atomic mass is 16.5. The van der Waals surface area contributed by atoms with Crippen molar-refractivity contribution in [1.29, 1.82) is 0 Å². The van der Waals surface area contributed by atoms with Crippen LogP contribution in [0.2, 0.25) is 0 Å². The Morgan fingerprint density at radius 2 is 1.65 bits per heavy atom. The molecule has 0 saturated carbocycles. The van der Waals surface area contributed by atoms with E-state index in [9.17, 15) is 5.11 Å². The quantitative estimate of drug-likeness (QED) is 0.460. The highest BCUT2D eigenvalue weighted by Gasteiger charge is 2.10. The van der Waals surface area contributed by atoms with Gasteiger partial charge in [0.25, 0.3) is 0 Å². The number of hydrogen-bond donors (Lipinski definition) is 2. The van der Waals surface area contributed by atoms with E-state index in [4.69, 9.17) is 4.74 Å². The summed E-state index contributed by atoms with van der Waals surface area (Å²) in [6.07, 6.45) is 0.861. The average molecular weight is 289 g/mol. The van der Waals surface area contributed by atoms with E-state index in [0.29, 0.717) is 13.2 Å². The molecule has 1 atom stereocenters. The minimum absolute atomic E-state index is 0.305. The van der Waals surface area contributed by atoms with E-state index < -0.39 is 0 Å². The standard InChI is InChI=1S/C15H35N3O2/c1-5-17(6-2)10-8-11-18(7-3)14-15(19)13-16-9-12-20-4/h15-16,19H,5-14H2,1-4H3. The maximum absolute atomic E-state index is 10.00. The van der Waals surface area contributed by atoms with Crippen molar-refractivity contribution in [3.8, 4) is 0 Å². The fourth-order valence-corrected chi connectivity index (χ4v) is 2.24. The third kappa shape index (κ3) is 10.6. The number of nitrogens with zero attached hydrogens (tertiary/aromatic N) is 2. The van der Waals surface area contributed by atoms with Crippen molar-refractivity contribution < 1.29 is 9.84 Å². The van der Waals surface area contributed by atoms with Gasteiger partial charge in [-0.25, -0.2) is 0 Å². The smallest absolute Gasteiger partial charge is 0.0791 e. The van der Waals surface area contributed by atoms with Crippen LogP contribution in [0.4, 0.5) is 0 Å². The van der Waals surface area contributed by atoms with Crippen molar-refractivity contribution in [2.75, 3.05) is 66.1 Å². The summed E-state index contributed by atoms with van der Waals surface area (Å²) in [5, 5.41) is 13.2. The molecule has 0 saturated heterocycles. The van der Waals surface area contributed by atoms with Crippen LogP contribution in [0, 0.1) is 0 Å². The van der Waals surface area contributed by atoms with Gasteiger partial charge in [-0.15, -0.1) is 0 Å². The number of ether oxygens (including phenoxy) is 1. The Hall–Kier alpha value is -0.200. The number of methoxy groups -OCH3 is 1. The average Bonchev–Trinajstić information content (AvgIpc) is 2.47. The maximum Gasteiger partial charge on any atom is 0.0791 e. The summed E-state index contributed by atoms with van der Waals surface area (Å²) in [5.74, 6) is 0. The lowest BCUT2D eigenvalue weighted by molar-refractivity contribution is 0.108. The van der Waals surface area contributed by atoms with Gasteiger partial charge in [0.05, 0.1) is 12.7 Å². The summed E-state index contributed by atoms with van der Waals surface area (Å²) in [5.41, 5.74) is 0. The van der Waals surface area contributed by atoms with E-state index in [-0.39, 0.29) is 6.10 Å². The van der Waals surface area contributed by atoms with Gasteiger partial charge in [-0.1, -0.05) is 20.8 Å². The molecule has 1 unspecified atom stereocenters. The second-order valence-electron chi connectivity index (χ2n) is 5.12. The lowest BCUT2D eigenvalue weighted by Gasteiger charge is -2.25. The number of hydrogen-bond acceptors (Lipinski definition) is 5. The fraction of sp³-hybridized carbons (Fsp3) is 1.00. The first kappa shape index (κ1) is 19.8. The zero-order valence-corrected chi connectivity index (χ0v) is 13.9. The first-order chi connectivity index (χ1) is 9.67. The molecule has 0 aliphatic rings. The van der Waals surface area contributed by atoms with Crippen molar-refractivity contribution in [2.45, 2.75) is 33.3 Å². The molecule has 0 aromatic carbocycles. The van der Waals surface area contributed by atoms with Crippen LogP contribution >= 0.6 is 0 Å². The molecule has 5 heteroatoms. The van der Waals surface area contributed by atoms with Crippen LogP contribution in [0.25, 0.3) is 0 Å². The van der Waals surface area contributed by atoms with Crippen LogP contribution in [0.3, 0.4) is 0 Å². The summed E-state index contributed by atoms with van der Waals surface area (Å²) in [6.45, 7) is 14.9. The monoisotopic (exact) mass is 289 g/mol. The number of likely N-dealkylation sites (N-methyl/N-ethyl adjacent to an activating group) is 1. The molecule has 0 amide bonds. The Morgan fingerprint density at radius 3 is 2.20 bits per heavy atom. The van der Waals surface area contributed by atoms with Crippen molar-refractivity contribution in [3.63, 3.8) is 0 Å². The van der Waals surface area contributed by atoms with Crippen LogP contribution in [-0.4, -0.2) is 87.1 Å². The molecule has 20 heavy (non-hydrogen) atoms. The Labute approximate surface area is 125 Å². The van der Waals surface area contributed by atoms with Gasteiger partial charge in [0, 0.05) is 26.7 Å². The number of aliphatic hydroxyl groups is 1. The number of rotatable bonds is 14. The molecule has 0 radical (unpaired) electrons. The molecule has 0 heterocycles. The van der Waals surface area contributed by atoms with Crippen molar-refractivity contribution >= 4 is 0 Å². The molecule has 0 aromatic rings. The van der Waals surface area contributed by atoms with Crippen LogP contribution in [0.1, 0.15) is 27.2 Å². The van der Waals surface area contributed by atoms with E-state index >= 15 is 0 Å². The largest absolute Gasteiger partial charge is 0.390 e. The van der Waals surface area contributed by atoms with Gasteiger partial charge >= 0.3 is 0 Å². The van der Waals surface area contributed by atoms with E-state index in [1.165, 1.54) is 6.42 Å². The maximum atomic E-state index is 10.00. The molecule has 0 aromatic heterocycles.